The summed E-state index contributed by atoms with van der Waals surface area (Å²) >= 11 is 1.28. The van der Waals surface area contributed by atoms with Gasteiger partial charge in [0, 0.05) is 46.9 Å². The van der Waals surface area contributed by atoms with Gasteiger partial charge in [0.15, 0.2) is 0 Å². The number of pyridine rings is 1. The molecule has 3 heterocycles. The largest absolute Gasteiger partial charge is 0.493 e. The number of aliphatic hydroxyl groups is 1. The van der Waals surface area contributed by atoms with Gasteiger partial charge in [-0.05, 0) is 18.6 Å². The topological polar surface area (TPSA) is 107 Å². The predicted molar refractivity (Wildman–Crippen MR) is 116 cm³/mol. The molecule has 30 heavy (non-hydrogen) atoms. The molecule has 0 spiro atoms. The summed E-state index contributed by atoms with van der Waals surface area (Å²) in [6.45, 7) is 4.80. The molecule has 3 aromatic rings. The van der Waals surface area contributed by atoms with E-state index in [0.29, 0.717) is 39.4 Å². The zero-order chi connectivity index (χ0) is 21.1. The first-order chi connectivity index (χ1) is 14.6. The van der Waals surface area contributed by atoms with E-state index in [1.54, 1.807) is 6.20 Å². The van der Waals surface area contributed by atoms with E-state index in [2.05, 4.69) is 9.88 Å². The van der Waals surface area contributed by atoms with Gasteiger partial charge in [-0.1, -0.05) is 0 Å². The minimum absolute atomic E-state index is 0.144. The van der Waals surface area contributed by atoms with Crippen LogP contribution in [0.2, 0.25) is 0 Å². The Kier molecular flexibility index (Phi) is 6.33. The van der Waals surface area contributed by atoms with Crippen molar-refractivity contribution >= 4 is 44.0 Å². The Bertz CT molecular complexity index is 1060. The van der Waals surface area contributed by atoms with E-state index in [1.165, 1.54) is 18.4 Å². The minimum Gasteiger partial charge on any atom is -0.493 e. The molecular formula is C21H25N3O5S. The van der Waals surface area contributed by atoms with Gasteiger partial charge in [-0.25, -0.2) is 4.79 Å². The number of aromatic nitrogens is 1. The maximum atomic E-state index is 12.0. The highest BCUT2D eigenvalue weighted by molar-refractivity contribution is 7.22. The Morgan fingerprint density at radius 2 is 2.13 bits per heavy atom. The number of thiophene rings is 1. The maximum Gasteiger partial charge on any atom is 0.350 e. The van der Waals surface area contributed by atoms with Gasteiger partial charge < -0.3 is 25.1 Å². The number of ether oxygens (including phenoxy) is 3. The second-order valence-corrected chi connectivity index (χ2v) is 8.15. The molecular weight excluding hydrogens is 406 g/mol. The van der Waals surface area contributed by atoms with E-state index < -0.39 is 5.97 Å². The number of hydrogen-bond acceptors (Lipinski definition) is 9. The van der Waals surface area contributed by atoms with Crippen molar-refractivity contribution in [3.05, 3.63) is 28.8 Å². The SMILES string of the molecule is COC(=O)c1sc2c(cnc3cc(CO)c(OCCCN4CCOCC4)cc32)c1N. The standard InChI is InChI=1S/C21H25N3O5S/c1-27-21(26)20-18(22)15-11-23-16-9-13(12-25)17(10-14(16)19(15)30-20)29-6-2-3-24-4-7-28-8-5-24/h9-11,25H,2-8,12,22H2,1H3. The number of carbonyl (C=O) groups is 1. The van der Waals surface area contributed by atoms with E-state index in [0.717, 1.165) is 49.4 Å². The summed E-state index contributed by atoms with van der Waals surface area (Å²) in [5.74, 6) is 0.154. The number of hydrogen-bond donors (Lipinski definition) is 2. The van der Waals surface area contributed by atoms with Crippen LogP contribution in [-0.2, 0) is 16.1 Å². The van der Waals surface area contributed by atoms with E-state index in [1.807, 2.05) is 12.1 Å². The summed E-state index contributed by atoms with van der Waals surface area (Å²) in [4.78, 5) is 19.2. The number of anilines is 1. The van der Waals surface area contributed by atoms with Gasteiger partial charge in [0.25, 0.3) is 0 Å². The van der Waals surface area contributed by atoms with Crippen molar-refractivity contribution in [3.8, 4) is 5.75 Å². The molecule has 0 unspecified atom stereocenters. The fourth-order valence-corrected chi connectivity index (χ4v) is 4.75. The average molecular weight is 432 g/mol. The fourth-order valence-electron chi connectivity index (χ4n) is 3.62. The van der Waals surface area contributed by atoms with E-state index in [4.69, 9.17) is 19.9 Å². The van der Waals surface area contributed by atoms with Crippen LogP contribution in [0.4, 0.5) is 5.69 Å². The van der Waals surface area contributed by atoms with Crippen LogP contribution in [0.25, 0.3) is 21.0 Å². The Balaban J connectivity index is 1.60. The van der Waals surface area contributed by atoms with Gasteiger partial charge in [0.2, 0.25) is 0 Å². The van der Waals surface area contributed by atoms with Crippen LogP contribution in [0.3, 0.4) is 0 Å². The van der Waals surface area contributed by atoms with Crippen LogP contribution in [0, 0.1) is 0 Å². The number of morpholine rings is 1. The maximum absolute atomic E-state index is 12.0. The van der Waals surface area contributed by atoms with Crippen LogP contribution in [0.5, 0.6) is 5.75 Å². The molecule has 160 valence electrons. The third-order valence-electron chi connectivity index (χ3n) is 5.26. The number of nitrogens with two attached hydrogens (primary N) is 1. The van der Waals surface area contributed by atoms with Crippen LogP contribution < -0.4 is 10.5 Å². The van der Waals surface area contributed by atoms with Gasteiger partial charge in [-0.3, -0.25) is 9.88 Å². The highest BCUT2D eigenvalue weighted by Gasteiger charge is 2.20. The summed E-state index contributed by atoms with van der Waals surface area (Å²) in [6, 6.07) is 3.70. The highest BCUT2D eigenvalue weighted by Crippen LogP contribution is 2.39. The van der Waals surface area contributed by atoms with Crippen LogP contribution >= 0.6 is 11.3 Å². The number of rotatable bonds is 7. The van der Waals surface area contributed by atoms with Gasteiger partial charge in [-0.2, -0.15) is 0 Å². The third-order valence-corrected chi connectivity index (χ3v) is 6.50. The lowest BCUT2D eigenvalue weighted by Gasteiger charge is -2.26. The number of nitrogens with zero attached hydrogens (tertiary/aromatic N) is 2. The molecule has 0 amide bonds. The van der Waals surface area contributed by atoms with Gasteiger partial charge in [-0.15, -0.1) is 11.3 Å². The Morgan fingerprint density at radius 3 is 2.87 bits per heavy atom. The van der Waals surface area contributed by atoms with Crippen LogP contribution in [0.1, 0.15) is 21.7 Å². The van der Waals surface area contributed by atoms with E-state index in [9.17, 15) is 9.90 Å². The summed E-state index contributed by atoms with van der Waals surface area (Å²) in [6.07, 6.45) is 2.53. The van der Waals surface area contributed by atoms with Gasteiger partial charge in [0.05, 0.1) is 44.7 Å². The molecule has 0 bridgehead atoms. The monoisotopic (exact) mass is 431 g/mol. The first-order valence-corrected chi connectivity index (χ1v) is 10.7. The first kappa shape index (κ1) is 20.8. The molecule has 3 N–H and O–H groups in total. The lowest BCUT2D eigenvalue weighted by atomic mass is 10.1. The predicted octanol–water partition coefficient (Wildman–Crippen LogP) is 2.41. The third kappa shape index (κ3) is 4.06. The molecule has 1 aromatic carbocycles. The summed E-state index contributed by atoms with van der Waals surface area (Å²) in [7, 11) is 1.33. The summed E-state index contributed by atoms with van der Waals surface area (Å²) in [5, 5.41) is 11.3. The van der Waals surface area contributed by atoms with Crippen molar-refractivity contribution in [2.45, 2.75) is 13.0 Å². The lowest BCUT2D eigenvalue weighted by molar-refractivity contribution is 0.0357. The van der Waals surface area contributed by atoms with Crippen molar-refractivity contribution in [2.75, 3.05) is 52.3 Å². The van der Waals surface area contributed by atoms with Crippen molar-refractivity contribution in [1.82, 2.24) is 9.88 Å². The quantitative estimate of drug-likeness (QED) is 0.434. The molecule has 0 saturated carbocycles. The molecule has 8 nitrogen and oxygen atoms in total. The Hall–Kier alpha value is -2.46. The molecule has 2 aromatic heterocycles. The molecule has 0 aliphatic carbocycles. The molecule has 0 atom stereocenters. The van der Waals surface area contributed by atoms with Crippen LogP contribution in [-0.4, -0.2) is 67.5 Å². The molecule has 4 rings (SSSR count). The van der Waals surface area contributed by atoms with Gasteiger partial charge in [0.1, 0.15) is 10.6 Å². The molecule has 1 aliphatic heterocycles. The highest BCUT2D eigenvalue weighted by atomic mass is 32.1. The van der Waals surface area contributed by atoms with Crippen LogP contribution in [0.15, 0.2) is 18.3 Å². The lowest BCUT2D eigenvalue weighted by Crippen LogP contribution is -2.37. The summed E-state index contributed by atoms with van der Waals surface area (Å²) in [5.41, 5.74) is 7.92. The molecule has 9 heteroatoms. The first-order valence-electron chi connectivity index (χ1n) is 9.88. The smallest absolute Gasteiger partial charge is 0.350 e. The Labute approximate surface area is 178 Å². The van der Waals surface area contributed by atoms with Gasteiger partial charge >= 0.3 is 5.97 Å². The average Bonchev–Trinajstić information content (AvgIpc) is 3.13. The molecule has 1 aliphatic rings. The number of fused-ring (bicyclic) bond motifs is 3. The van der Waals surface area contributed by atoms with Crippen molar-refractivity contribution < 1.29 is 24.1 Å². The minimum atomic E-state index is -0.464. The number of benzene rings is 1. The fraction of sp³-hybridized carbons (Fsp3) is 0.429. The molecule has 0 radical (unpaired) electrons. The van der Waals surface area contributed by atoms with Crippen molar-refractivity contribution in [2.24, 2.45) is 0 Å². The number of aliphatic hydroxyl groups excluding tert-OH is 1. The normalized spacial score (nSPS) is 15.0. The van der Waals surface area contributed by atoms with E-state index >= 15 is 0 Å². The summed E-state index contributed by atoms with van der Waals surface area (Å²) < 4.78 is 17.1. The zero-order valence-corrected chi connectivity index (χ0v) is 17.7. The number of esters is 1. The molecule has 1 fully saturated rings. The van der Waals surface area contributed by atoms with Crippen molar-refractivity contribution in [1.29, 1.82) is 0 Å². The second-order valence-electron chi connectivity index (χ2n) is 7.13. The zero-order valence-electron chi connectivity index (χ0n) is 16.8. The molecule has 1 saturated heterocycles. The Morgan fingerprint density at radius 1 is 1.33 bits per heavy atom. The second kappa shape index (κ2) is 9.13. The number of carbonyl (C=O) groups excluding carboxylic acids is 1. The number of nitrogen functional groups attached to an aromatic ring is 1. The van der Waals surface area contributed by atoms with Crippen molar-refractivity contribution in [3.63, 3.8) is 0 Å². The van der Waals surface area contributed by atoms with E-state index in [-0.39, 0.29) is 6.61 Å². The number of methoxy groups -OCH3 is 1.